The zero-order chi connectivity index (χ0) is 10.1. The monoisotopic (exact) mass is 197 g/mol. The van der Waals surface area contributed by atoms with Crippen molar-refractivity contribution in [2.45, 2.75) is 31.8 Å². The zero-order valence-electron chi connectivity index (χ0n) is 8.70. The van der Waals surface area contributed by atoms with Gasteiger partial charge in [0.15, 0.2) is 0 Å². The third-order valence-electron chi connectivity index (χ3n) is 3.40. The Bertz CT molecular complexity index is 221. The molecule has 0 aromatic carbocycles. The Morgan fingerprint density at radius 2 is 2.14 bits per heavy atom. The number of nitrogens with two attached hydrogens (primary N) is 1. The number of hydrogen-bond acceptors (Lipinski definition) is 3. The van der Waals surface area contributed by atoms with Crippen LogP contribution in [-0.2, 0) is 4.79 Å². The summed E-state index contributed by atoms with van der Waals surface area (Å²) >= 11 is 0. The van der Waals surface area contributed by atoms with E-state index in [2.05, 4.69) is 10.2 Å². The van der Waals surface area contributed by atoms with Gasteiger partial charge in [0.1, 0.15) is 0 Å². The Kier molecular flexibility index (Phi) is 2.74. The van der Waals surface area contributed by atoms with Gasteiger partial charge in [-0.25, -0.2) is 0 Å². The van der Waals surface area contributed by atoms with E-state index in [1.54, 1.807) is 6.92 Å². The smallest absolute Gasteiger partial charge is 0.236 e. The van der Waals surface area contributed by atoms with Crippen LogP contribution in [-0.4, -0.2) is 42.5 Å². The van der Waals surface area contributed by atoms with Crippen LogP contribution < -0.4 is 11.1 Å². The molecular weight excluding hydrogens is 178 g/mol. The van der Waals surface area contributed by atoms with Crippen molar-refractivity contribution in [2.75, 3.05) is 19.6 Å². The van der Waals surface area contributed by atoms with Gasteiger partial charge in [0.25, 0.3) is 0 Å². The van der Waals surface area contributed by atoms with E-state index < -0.39 is 0 Å². The van der Waals surface area contributed by atoms with Crippen LogP contribution in [0.4, 0.5) is 0 Å². The maximum atomic E-state index is 11.4. The Morgan fingerprint density at radius 1 is 1.50 bits per heavy atom. The van der Waals surface area contributed by atoms with Gasteiger partial charge in [-0.1, -0.05) is 0 Å². The maximum Gasteiger partial charge on any atom is 0.236 e. The van der Waals surface area contributed by atoms with Crippen LogP contribution in [0.15, 0.2) is 0 Å². The topological polar surface area (TPSA) is 58.4 Å². The highest BCUT2D eigenvalue weighted by Crippen LogP contribution is 2.27. The predicted molar refractivity (Wildman–Crippen MR) is 54.7 cm³/mol. The zero-order valence-corrected chi connectivity index (χ0v) is 8.70. The Hall–Kier alpha value is -0.610. The van der Waals surface area contributed by atoms with Gasteiger partial charge in [-0.05, 0) is 38.8 Å². The third-order valence-corrected chi connectivity index (χ3v) is 3.40. The highest BCUT2D eigenvalue weighted by atomic mass is 16.2. The van der Waals surface area contributed by atoms with Crippen molar-refractivity contribution in [1.82, 2.24) is 10.2 Å². The minimum absolute atomic E-state index is 0.0104. The van der Waals surface area contributed by atoms with Gasteiger partial charge in [-0.3, -0.25) is 4.79 Å². The number of nitrogens with one attached hydrogen (secondary N) is 1. The first-order valence-corrected chi connectivity index (χ1v) is 5.45. The lowest BCUT2D eigenvalue weighted by molar-refractivity contribution is -0.124. The fraction of sp³-hybridized carbons (Fsp3) is 0.900. The summed E-state index contributed by atoms with van der Waals surface area (Å²) in [5.74, 6) is 0.673. The van der Waals surface area contributed by atoms with Crippen molar-refractivity contribution in [2.24, 2.45) is 11.7 Å². The number of hydrogen-bond donors (Lipinski definition) is 2. The van der Waals surface area contributed by atoms with Crippen LogP contribution >= 0.6 is 0 Å². The van der Waals surface area contributed by atoms with Crippen LogP contribution in [0, 0.1) is 5.92 Å². The second kappa shape index (κ2) is 3.87. The summed E-state index contributed by atoms with van der Waals surface area (Å²) in [6.07, 6.45) is 2.45. The fourth-order valence-corrected chi connectivity index (χ4v) is 2.44. The van der Waals surface area contributed by atoms with E-state index in [0.29, 0.717) is 12.0 Å². The summed E-state index contributed by atoms with van der Waals surface area (Å²) in [6.45, 7) is 5.16. The molecular formula is C10H19N3O. The maximum absolute atomic E-state index is 11.4. The molecule has 0 spiro atoms. The van der Waals surface area contributed by atoms with Crippen molar-refractivity contribution >= 4 is 5.91 Å². The molecule has 0 saturated carbocycles. The second-order valence-electron chi connectivity index (χ2n) is 4.54. The van der Waals surface area contributed by atoms with Crippen molar-refractivity contribution in [3.8, 4) is 0 Å². The first-order chi connectivity index (χ1) is 6.66. The van der Waals surface area contributed by atoms with Gasteiger partial charge in [0, 0.05) is 12.6 Å². The highest BCUT2D eigenvalue weighted by Gasteiger charge is 2.34. The van der Waals surface area contributed by atoms with E-state index in [1.807, 2.05) is 0 Å². The van der Waals surface area contributed by atoms with E-state index in [1.165, 1.54) is 25.9 Å². The molecule has 2 atom stereocenters. The lowest BCUT2D eigenvalue weighted by Crippen LogP contribution is -2.58. The summed E-state index contributed by atoms with van der Waals surface area (Å²) in [7, 11) is 0. The summed E-state index contributed by atoms with van der Waals surface area (Å²) in [5, 5.41) is 3.04. The second-order valence-corrected chi connectivity index (χ2v) is 4.54. The van der Waals surface area contributed by atoms with Crippen molar-refractivity contribution < 1.29 is 4.79 Å². The van der Waals surface area contributed by atoms with E-state index in [9.17, 15) is 4.79 Å². The normalized spacial score (nSPS) is 38.0. The molecule has 14 heavy (non-hydrogen) atoms. The molecule has 0 aromatic rings. The lowest BCUT2D eigenvalue weighted by Gasteiger charge is -2.45. The lowest BCUT2D eigenvalue weighted by atomic mass is 9.84. The first-order valence-electron chi connectivity index (χ1n) is 5.45. The molecule has 3 rings (SSSR count). The average molecular weight is 197 g/mol. The standard InChI is InChI=1S/C10H19N3O/c1-7(11)10(14)12-9-6-13-4-2-8(9)3-5-13/h7-9H,2-6,11H2,1H3,(H,12,14). The van der Waals surface area contributed by atoms with E-state index in [4.69, 9.17) is 5.73 Å². The van der Waals surface area contributed by atoms with E-state index >= 15 is 0 Å². The summed E-state index contributed by atoms with van der Waals surface area (Å²) in [4.78, 5) is 13.9. The number of fused-ring (bicyclic) bond motifs is 3. The van der Waals surface area contributed by atoms with Gasteiger partial charge in [-0.15, -0.1) is 0 Å². The summed E-state index contributed by atoms with van der Waals surface area (Å²) in [6, 6.07) is -0.0403. The first kappa shape index (κ1) is 9.93. The molecule has 4 nitrogen and oxygen atoms in total. The summed E-state index contributed by atoms with van der Waals surface area (Å²) < 4.78 is 0. The van der Waals surface area contributed by atoms with Crippen LogP contribution in [0.5, 0.6) is 0 Å². The molecule has 3 aliphatic heterocycles. The van der Waals surface area contributed by atoms with Gasteiger partial charge in [0.05, 0.1) is 6.04 Å². The van der Waals surface area contributed by atoms with Crippen LogP contribution in [0.2, 0.25) is 0 Å². The molecule has 0 radical (unpaired) electrons. The van der Waals surface area contributed by atoms with Gasteiger partial charge in [0.2, 0.25) is 5.91 Å². The van der Waals surface area contributed by atoms with Gasteiger partial charge >= 0.3 is 0 Å². The molecule has 0 aromatic heterocycles. The molecule has 2 unspecified atom stereocenters. The number of piperidine rings is 3. The molecule has 4 heteroatoms. The Balaban J connectivity index is 1.90. The molecule has 1 amide bonds. The van der Waals surface area contributed by atoms with Crippen molar-refractivity contribution in [3.05, 3.63) is 0 Å². The number of carbonyl (C=O) groups excluding carboxylic acids is 1. The molecule has 3 heterocycles. The summed E-state index contributed by atoms with van der Waals surface area (Å²) in [5.41, 5.74) is 5.53. The third kappa shape index (κ3) is 1.91. The molecule has 3 fully saturated rings. The Labute approximate surface area is 84.8 Å². The number of rotatable bonds is 2. The minimum atomic E-state index is -0.384. The quantitative estimate of drug-likeness (QED) is 0.630. The molecule has 3 N–H and O–H groups in total. The SMILES string of the molecule is CC(N)C(=O)NC1CN2CCC1CC2. The number of carbonyl (C=O) groups is 1. The van der Waals surface area contributed by atoms with Crippen molar-refractivity contribution in [1.29, 1.82) is 0 Å². The molecule has 2 bridgehead atoms. The predicted octanol–water partition coefficient (Wildman–Crippen LogP) is -0.456. The number of nitrogens with zero attached hydrogens (tertiary/aromatic N) is 1. The minimum Gasteiger partial charge on any atom is -0.350 e. The largest absolute Gasteiger partial charge is 0.350 e. The van der Waals surface area contributed by atoms with E-state index in [-0.39, 0.29) is 11.9 Å². The van der Waals surface area contributed by atoms with Crippen LogP contribution in [0.25, 0.3) is 0 Å². The van der Waals surface area contributed by atoms with Gasteiger partial charge < -0.3 is 16.0 Å². The molecule has 3 saturated heterocycles. The molecule has 0 aliphatic carbocycles. The highest BCUT2D eigenvalue weighted by molar-refractivity contribution is 5.81. The molecule has 80 valence electrons. The fourth-order valence-electron chi connectivity index (χ4n) is 2.44. The van der Waals surface area contributed by atoms with Gasteiger partial charge in [-0.2, -0.15) is 0 Å². The number of amides is 1. The average Bonchev–Trinajstić information content (AvgIpc) is 2.19. The van der Waals surface area contributed by atoms with E-state index in [0.717, 1.165) is 6.54 Å². The van der Waals surface area contributed by atoms with Crippen LogP contribution in [0.1, 0.15) is 19.8 Å². The van der Waals surface area contributed by atoms with Crippen molar-refractivity contribution in [3.63, 3.8) is 0 Å². The Morgan fingerprint density at radius 3 is 2.57 bits per heavy atom. The molecule has 3 aliphatic rings. The van der Waals surface area contributed by atoms with Crippen LogP contribution in [0.3, 0.4) is 0 Å².